The molecule has 0 saturated heterocycles. The zero-order chi connectivity index (χ0) is 45.7. The minimum atomic E-state index is -1.48. The Morgan fingerprint density at radius 2 is 1.03 bits per heavy atom. The molecule has 12 nitrogen and oxygen atoms in total. The molecule has 4 unspecified atom stereocenters. The third-order valence-corrected chi connectivity index (χ3v) is 11.6. The lowest BCUT2D eigenvalue weighted by Gasteiger charge is -2.29. The van der Waals surface area contributed by atoms with E-state index in [2.05, 4.69) is 33.0 Å². The number of aliphatic hydroxyl groups is 2. The van der Waals surface area contributed by atoms with Crippen LogP contribution < -0.4 is 5.32 Å². The summed E-state index contributed by atoms with van der Waals surface area (Å²) in [7, 11) is 3.70. The van der Waals surface area contributed by atoms with Crippen LogP contribution in [-0.4, -0.2) is 104 Å². The quantitative estimate of drug-likeness (QED) is 0.0232. The first-order valence-corrected chi connectivity index (χ1v) is 24.6. The number of carbonyl (C=O) groups is 4. The topological polar surface area (TPSA) is 161 Å². The lowest BCUT2D eigenvalue weighted by Crippen LogP contribution is -2.46. The van der Waals surface area contributed by atoms with Gasteiger partial charge in [0.05, 0.1) is 25.4 Å². The Morgan fingerprint density at radius 3 is 1.54 bits per heavy atom. The molecule has 0 fully saturated rings. The number of aliphatic hydroxyl groups excluding tert-OH is 2. The van der Waals surface area contributed by atoms with Crippen molar-refractivity contribution < 1.29 is 48.3 Å². The van der Waals surface area contributed by atoms with Crippen molar-refractivity contribution in [2.45, 2.75) is 227 Å². The summed E-state index contributed by atoms with van der Waals surface area (Å²) < 4.78 is 23.1. The fourth-order valence-corrected chi connectivity index (χ4v) is 7.28. The van der Waals surface area contributed by atoms with Gasteiger partial charge in [0.15, 0.2) is 6.29 Å². The molecule has 5 atom stereocenters. The zero-order valence-corrected chi connectivity index (χ0v) is 40.4. The Labute approximate surface area is 372 Å². The summed E-state index contributed by atoms with van der Waals surface area (Å²) in [5.41, 5.74) is -1.06. The maximum absolute atomic E-state index is 13.6. The highest BCUT2D eigenvalue weighted by Crippen LogP contribution is 2.26. The standard InChI is InChI=1S/C49H94N2O10/c1-9-13-17-21-23-27-30-40(29-25-19-15-11-3)47(56)59-38-42(61-48(57)41(31-26-20-16-12-4)32-28-24-22-18-14-10-2)37-58-43(52)33-35-50-46(55)45(54)49(5,6)39-60-44(53)34-36-51(7)8/h40-42,45,48,54,57H,9-39H2,1-8H3,(H,50,55)/t40?,41?,42?,45-,48?/m0/s1. The zero-order valence-electron chi connectivity index (χ0n) is 40.4. The van der Waals surface area contributed by atoms with E-state index in [1.54, 1.807) is 13.8 Å². The van der Waals surface area contributed by atoms with E-state index in [-0.39, 0.29) is 57.0 Å². The highest BCUT2D eigenvalue weighted by atomic mass is 16.6. The van der Waals surface area contributed by atoms with E-state index in [1.165, 1.54) is 51.4 Å². The van der Waals surface area contributed by atoms with Gasteiger partial charge in [-0.2, -0.15) is 0 Å². The summed E-state index contributed by atoms with van der Waals surface area (Å²) in [6.07, 6.45) is 22.1. The Bertz CT molecular complexity index is 1100. The number of hydrogen-bond acceptors (Lipinski definition) is 11. The average molecular weight is 871 g/mol. The number of nitrogens with one attached hydrogen (secondary N) is 1. The first kappa shape index (κ1) is 58.7. The maximum Gasteiger partial charge on any atom is 0.309 e. The van der Waals surface area contributed by atoms with E-state index in [9.17, 15) is 29.4 Å². The highest BCUT2D eigenvalue weighted by Gasteiger charge is 2.35. The molecule has 1 amide bonds. The molecule has 0 aromatic rings. The van der Waals surface area contributed by atoms with Crippen molar-refractivity contribution >= 4 is 23.8 Å². The summed E-state index contributed by atoms with van der Waals surface area (Å²) in [5.74, 6) is -2.30. The van der Waals surface area contributed by atoms with Gasteiger partial charge in [0, 0.05) is 24.4 Å². The Kier molecular flexibility index (Phi) is 36.8. The molecule has 0 aliphatic heterocycles. The maximum atomic E-state index is 13.6. The molecule has 0 spiro atoms. The van der Waals surface area contributed by atoms with Gasteiger partial charge in [0.1, 0.15) is 25.4 Å². The molecular formula is C49H94N2O10. The van der Waals surface area contributed by atoms with Crippen LogP contribution in [0.4, 0.5) is 0 Å². The summed E-state index contributed by atoms with van der Waals surface area (Å²) in [6, 6.07) is 0. The summed E-state index contributed by atoms with van der Waals surface area (Å²) >= 11 is 0. The number of nitrogens with zero attached hydrogens (tertiary/aromatic N) is 1. The smallest absolute Gasteiger partial charge is 0.309 e. The minimum absolute atomic E-state index is 0.0905. The van der Waals surface area contributed by atoms with Gasteiger partial charge in [-0.05, 0) is 39.8 Å². The third-order valence-electron chi connectivity index (χ3n) is 11.6. The largest absolute Gasteiger partial charge is 0.465 e. The van der Waals surface area contributed by atoms with E-state index in [0.717, 1.165) is 103 Å². The number of ether oxygens (including phenoxy) is 4. The molecule has 0 bridgehead atoms. The lowest BCUT2D eigenvalue weighted by molar-refractivity contribution is -0.199. The van der Waals surface area contributed by atoms with Gasteiger partial charge < -0.3 is 39.4 Å². The Hall–Kier alpha value is -2.28. The van der Waals surface area contributed by atoms with Crippen molar-refractivity contribution in [3.05, 3.63) is 0 Å². The van der Waals surface area contributed by atoms with Crippen LogP contribution in [0.5, 0.6) is 0 Å². The normalized spacial score (nSPS) is 14.3. The first-order valence-electron chi connectivity index (χ1n) is 24.6. The number of rotatable bonds is 42. The van der Waals surface area contributed by atoms with Crippen LogP contribution in [0.1, 0.15) is 208 Å². The molecule has 3 N–H and O–H groups in total. The average Bonchev–Trinajstić information content (AvgIpc) is 3.23. The molecular weight excluding hydrogens is 777 g/mol. The Balaban J connectivity index is 5.67. The molecule has 0 aliphatic rings. The molecule has 0 rings (SSSR count). The molecule has 61 heavy (non-hydrogen) atoms. The molecule has 0 heterocycles. The van der Waals surface area contributed by atoms with Crippen LogP contribution in [0.3, 0.4) is 0 Å². The molecule has 0 aromatic carbocycles. The molecule has 12 heteroatoms. The van der Waals surface area contributed by atoms with E-state index < -0.39 is 41.8 Å². The molecule has 360 valence electrons. The summed E-state index contributed by atoms with van der Waals surface area (Å²) in [6.45, 7) is 11.9. The number of unbranched alkanes of at least 4 members (excludes halogenated alkanes) is 16. The van der Waals surface area contributed by atoms with Crippen LogP contribution in [-0.2, 0) is 38.1 Å². The predicted octanol–water partition coefficient (Wildman–Crippen LogP) is 9.84. The third kappa shape index (κ3) is 32.1. The van der Waals surface area contributed by atoms with Crippen molar-refractivity contribution in [1.82, 2.24) is 10.2 Å². The van der Waals surface area contributed by atoms with Gasteiger partial charge in [-0.1, -0.05) is 170 Å². The first-order chi connectivity index (χ1) is 29.2. The van der Waals surface area contributed by atoms with Gasteiger partial charge in [-0.25, -0.2) is 0 Å². The van der Waals surface area contributed by atoms with Crippen molar-refractivity contribution in [3.63, 3.8) is 0 Å². The van der Waals surface area contributed by atoms with Crippen molar-refractivity contribution in [1.29, 1.82) is 0 Å². The Morgan fingerprint density at radius 1 is 0.590 bits per heavy atom. The highest BCUT2D eigenvalue weighted by molar-refractivity contribution is 5.82. The second kappa shape index (κ2) is 38.2. The summed E-state index contributed by atoms with van der Waals surface area (Å²) in [4.78, 5) is 53.3. The lowest BCUT2D eigenvalue weighted by atomic mass is 9.87. The van der Waals surface area contributed by atoms with Gasteiger partial charge in [-0.3, -0.25) is 19.2 Å². The van der Waals surface area contributed by atoms with Gasteiger partial charge in [0.25, 0.3) is 0 Å². The van der Waals surface area contributed by atoms with E-state index in [1.807, 2.05) is 19.0 Å². The van der Waals surface area contributed by atoms with Crippen molar-refractivity contribution in [3.8, 4) is 0 Å². The van der Waals surface area contributed by atoms with Crippen LogP contribution in [0.2, 0.25) is 0 Å². The van der Waals surface area contributed by atoms with Crippen LogP contribution >= 0.6 is 0 Å². The van der Waals surface area contributed by atoms with Crippen molar-refractivity contribution in [2.75, 3.05) is 47.0 Å². The van der Waals surface area contributed by atoms with Crippen LogP contribution in [0.25, 0.3) is 0 Å². The van der Waals surface area contributed by atoms with Gasteiger partial charge in [0.2, 0.25) is 5.91 Å². The second-order valence-corrected chi connectivity index (χ2v) is 18.4. The van der Waals surface area contributed by atoms with Crippen molar-refractivity contribution in [2.24, 2.45) is 17.3 Å². The molecule has 0 aliphatic carbocycles. The van der Waals surface area contributed by atoms with Crippen LogP contribution in [0, 0.1) is 17.3 Å². The predicted molar refractivity (Wildman–Crippen MR) is 245 cm³/mol. The summed E-state index contributed by atoms with van der Waals surface area (Å²) in [5, 5.41) is 24.8. The van der Waals surface area contributed by atoms with Gasteiger partial charge >= 0.3 is 17.9 Å². The number of carbonyl (C=O) groups excluding carboxylic acids is 4. The molecule has 0 saturated carbocycles. The fourth-order valence-electron chi connectivity index (χ4n) is 7.28. The monoisotopic (exact) mass is 871 g/mol. The second-order valence-electron chi connectivity index (χ2n) is 18.4. The number of esters is 3. The minimum Gasteiger partial charge on any atom is -0.465 e. The molecule has 0 radical (unpaired) electrons. The number of hydrogen-bond donors (Lipinski definition) is 3. The van der Waals surface area contributed by atoms with E-state index in [0.29, 0.717) is 6.54 Å². The fraction of sp³-hybridized carbons (Fsp3) is 0.918. The number of amides is 1. The SMILES string of the molecule is CCCCCCCCC(CCCCCC)C(=O)OCC(COC(=O)CCNC(=O)[C@H](O)C(C)(C)COC(=O)CCN(C)C)OC(O)C(CCCCCC)CCCCCCCC. The van der Waals surface area contributed by atoms with Gasteiger partial charge in [-0.15, -0.1) is 0 Å². The molecule has 0 aromatic heterocycles. The van der Waals surface area contributed by atoms with Crippen LogP contribution in [0.15, 0.2) is 0 Å². The van der Waals surface area contributed by atoms with E-state index >= 15 is 0 Å². The van der Waals surface area contributed by atoms with E-state index in [4.69, 9.17) is 18.9 Å².